The van der Waals surface area contributed by atoms with Gasteiger partial charge in [0.2, 0.25) is 0 Å². The Labute approximate surface area is 98.1 Å². The van der Waals surface area contributed by atoms with Crippen LogP contribution in [0.1, 0.15) is 27.7 Å². The second-order valence-corrected chi connectivity index (χ2v) is 10.4. The van der Waals surface area contributed by atoms with Crippen molar-refractivity contribution in [3.05, 3.63) is 0 Å². The molecule has 0 saturated heterocycles. The lowest BCUT2D eigenvalue weighted by molar-refractivity contribution is 0.391. The molecule has 0 aliphatic heterocycles. The first-order chi connectivity index (χ1) is 6.92. The van der Waals surface area contributed by atoms with Gasteiger partial charge in [-0.05, 0) is 26.2 Å². The molecule has 0 bridgehead atoms. The van der Waals surface area contributed by atoms with Crippen LogP contribution in [-0.4, -0.2) is 50.3 Å². The van der Waals surface area contributed by atoms with Crippen molar-refractivity contribution < 1.29 is 0 Å². The summed E-state index contributed by atoms with van der Waals surface area (Å²) in [5.41, 5.74) is 0. The Kier molecular flexibility index (Phi) is 6.80. The van der Waals surface area contributed by atoms with E-state index >= 15 is 0 Å². The summed E-state index contributed by atoms with van der Waals surface area (Å²) in [5, 5.41) is 0. The van der Waals surface area contributed by atoms with E-state index in [4.69, 9.17) is 0 Å². The van der Waals surface area contributed by atoms with Gasteiger partial charge in [0.1, 0.15) is 0 Å². The zero-order valence-electron chi connectivity index (χ0n) is 11.8. The van der Waals surface area contributed by atoms with Gasteiger partial charge in [-0.1, -0.05) is 47.3 Å². The summed E-state index contributed by atoms with van der Waals surface area (Å²) in [5.74, 6) is 0. The van der Waals surface area contributed by atoms with Gasteiger partial charge >= 0.3 is 0 Å². The molecule has 0 saturated carbocycles. The van der Waals surface area contributed by atoms with E-state index in [-0.39, 0.29) is 0 Å². The van der Waals surface area contributed by atoms with Crippen molar-refractivity contribution in [2.24, 2.45) is 0 Å². The van der Waals surface area contributed by atoms with E-state index in [9.17, 15) is 0 Å². The first kappa shape index (κ1) is 15.2. The van der Waals surface area contributed by atoms with Crippen LogP contribution in [0, 0.1) is 0 Å². The fraction of sp³-hybridized carbons (Fsp3) is 1.00. The maximum Gasteiger partial charge on any atom is 0.294 e. The minimum Gasteiger partial charge on any atom is -0.331 e. The molecule has 0 fully saturated rings. The summed E-state index contributed by atoms with van der Waals surface area (Å²) < 4.78 is 0. The molecule has 0 aromatic rings. The van der Waals surface area contributed by atoms with Gasteiger partial charge < -0.3 is 9.62 Å². The monoisotopic (exact) mass is 228 g/mol. The minimum absolute atomic E-state index is 0.697. The van der Waals surface area contributed by atoms with Gasteiger partial charge in [0.15, 0.2) is 0 Å². The Morgan fingerprint density at radius 3 is 1.13 bits per heavy atom. The normalized spacial score (nSPS) is 12.6. The molecular formula is C11H29BN2Si. The van der Waals surface area contributed by atoms with Crippen molar-refractivity contribution in [2.75, 3.05) is 26.2 Å². The third kappa shape index (κ3) is 4.29. The van der Waals surface area contributed by atoms with Crippen LogP contribution in [0.15, 0.2) is 0 Å². The molecule has 0 N–H and O–H groups in total. The summed E-state index contributed by atoms with van der Waals surface area (Å²) in [7, 11) is -1.14. The average Bonchev–Trinajstić information content (AvgIpc) is 2.17. The van der Waals surface area contributed by atoms with Crippen molar-refractivity contribution in [3.63, 3.8) is 0 Å². The van der Waals surface area contributed by atoms with Gasteiger partial charge in [-0.15, -0.1) is 0 Å². The molecular weight excluding hydrogens is 199 g/mol. The summed E-state index contributed by atoms with van der Waals surface area (Å²) in [6, 6.07) is 0. The second kappa shape index (κ2) is 6.71. The van der Waals surface area contributed by atoms with E-state index in [1.54, 1.807) is 0 Å². The summed E-state index contributed by atoms with van der Waals surface area (Å²) in [6.45, 7) is 21.9. The third-order valence-corrected chi connectivity index (χ3v) is 5.37. The van der Waals surface area contributed by atoms with Crippen LogP contribution < -0.4 is 0 Å². The van der Waals surface area contributed by atoms with Crippen molar-refractivity contribution in [3.8, 4) is 0 Å². The van der Waals surface area contributed by atoms with Crippen LogP contribution in [0.3, 0.4) is 0 Å². The Bertz CT molecular complexity index is 150. The van der Waals surface area contributed by atoms with Crippen LogP contribution in [0.5, 0.6) is 0 Å². The van der Waals surface area contributed by atoms with E-state index in [2.05, 4.69) is 57.0 Å². The van der Waals surface area contributed by atoms with Gasteiger partial charge in [-0.25, -0.2) is 0 Å². The molecule has 0 heterocycles. The maximum atomic E-state index is 2.62. The maximum absolute atomic E-state index is 2.62. The molecule has 0 rings (SSSR count). The highest BCUT2D eigenvalue weighted by Gasteiger charge is 2.39. The highest BCUT2D eigenvalue weighted by Crippen LogP contribution is 2.14. The molecule has 15 heavy (non-hydrogen) atoms. The molecule has 90 valence electrons. The zero-order valence-corrected chi connectivity index (χ0v) is 12.8. The van der Waals surface area contributed by atoms with Crippen LogP contribution >= 0.6 is 0 Å². The fourth-order valence-corrected chi connectivity index (χ4v) is 5.39. The highest BCUT2D eigenvalue weighted by molar-refractivity contribution is 7.29. The third-order valence-electron chi connectivity index (χ3n) is 3.09. The Hall–Kier alpha value is 0.202. The number of rotatable bonds is 7. The molecule has 0 aliphatic carbocycles. The lowest BCUT2D eigenvalue weighted by atomic mass is 10.0. The van der Waals surface area contributed by atoms with Gasteiger partial charge in [0, 0.05) is 0 Å². The lowest BCUT2D eigenvalue weighted by Crippen LogP contribution is -2.65. The summed E-state index contributed by atoms with van der Waals surface area (Å²) >= 11 is 0. The molecule has 0 aromatic heterocycles. The van der Waals surface area contributed by atoms with E-state index in [1.165, 1.54) is 26.2 Å². The second-order valence-electron chi connectivity index (χ2n) is 5.18. The Morgan fingerprint density at radius 2 is 1.00 bits per heavy atom. The molecule has 0 aliphatic rings. The fourth-order valence-electron chi connectivity index (χ4n) is 2.47. The molecule has 0 amide bonds. The predicted octanol–water partition coefficient (Wildman–Crippen LogP) is 2.57. The summed E-state index contributed by atoms with van der Waals surface area (Å²) in [6.07, 6.45) is 0. The number of nitrogens with zero attached hydrogens (tertiary/aromatic N) is 2. The number of hydrogen-bond acceptors (Lipinski definition) is 2. The largest absolute Gasteiger partial charge is 0.331 e. The van der Waals surface area contributed by atoms with Crippen molar-refractivity contribution in [2.45, 2.75) is 47.3 Å². The molecule has 0 radical (unpaired) electrons. The van der Waals surface area contributed by atoms with E-state index in [1.807, 2.05) is 0 Å². The first-order valence-corrected chi connectivity index (χ1v) is 9.98. The SMILES string of the molecule is CCN(CC)B(N(CC)CC)[Si](C)(C)C. The van der Waals surface area contributed by atoms with E-state index in [0.29, 0.717) is 6.57 Å². The predicted molar refractivity (Wildman–Crippen MR) is 74.9 cm³/mol. The van der Waals surface area contributed by atoms with Crippen molar-refractivity contribution in [1.82, 2.24) is 9.62 Å². The topological polar surface area (TPSA) is 6.48 Å². The molecule has 0 spiro atoms. The van der Waals surface area contributed by atoms with Crippen molar-refractivity contribution >= 4 is 14.5 Å². The Morgan fingerprint density at radius 1 is 0.733 bits per heavy atom. The molecule has 0 atom stereocenters. The van der Waals surface area contributed by atoms with Crippen LogP contribution in [0.25, 0.3) is 0 Å². The highest BCUT2D eigenvalue weighted by atomic mass is 28.3. The first-order valence-electron chi connectivity index (χ1n) is 6.40. The van der Waals surface area contributed by atoms with E-state index < -0.39 is 7.94 Å². The lowest BCUT2D eigenvalue weighted by Gasteiger charge is -2.41. The number of hydrogen-bond donors (Lipinski definition) is 0. The molecule has 4 heteroatoms. The average molecular weight is 228 g/mol. The van der Waals surface area contributed by atoms with Crippen molar-refractivity contribution in [1.29, 1.82) is 0 Å². The van der Waals surface area contributed by atoms with Crippen LogP contribution in [0.2, 0.25) is 19.6 Å². The molecule has 0 aromatic carbocycles. The zero-order chi connectivity index (χ0) is 12.1. The smallest absolute Gasteiger partial charge is 0.294 e. The van der Waals surface area contributed by atoms with E-state index in [0.717, 1.165) is 0 Å². The summed E-state index contributed by atoms with van der Waals surface area (Å²) in [4.78, 5) is 5.25. The van der Waals surface area contributed by atoms with Gasteiger partial charge in [-0.2, -0.15) is 0 Å². The minimum atomic E-state index is -1.14. The van der Waals surface area contributed by atoms with Crippen LogP contribution in [0.4, 0.5) is 0 Å². The van der Waals surface area contributed by atoms with Gasteiger partial charge in [0.05, 0.1) is 7.94 Å². The van der Waals surface area contributed by atoms with Gasteiger partial charge in [-0.3, -0.25) is 0 Å². The Balaban J connectivity index is 4.85. The molecule has 2 nitrogen and oxygen atoms in total. The van der Waals surface area contributed by atoms with Gasteiger partial charge in [0.25, 0.3) is 6.57 Å². The molecule has 0 unspecified atom stereocenters. The quantitative estimate of drug-likeness (QED) is 0.618. The van der Waals surface area contributed by atoms with Crippen LogP contribution in [-0.2, 0) is 0 Å². The standard InChI is InChI=1S/C11H29BN2Si/c1-8-13(9-2)12(15(5,6)7)14(10-3)11-4/h8-11H2,1-7H3.